The summed E-state index contributed by atoms with van der Waals surface area (Å²) in [7, 11) is 0. The van der Waals surface area contributed by atoms with Gasteiger partial charge in [0.25, 0.3) is 0 Å². The topological polar surface area (TPSA) is 84.2 Å². The molecule has 0 bridgehead atoms. The summed E-state index contributed by atoms with van der Waals surface area (Å²) in [6.45, 7) is 2.25. The fraction of sp³-hybridized carbons (Fsp3) is 0.529. The van der Waals surface area contributed by atoms with Gasteiger partial charge in [0.1, 0.15) is 0 Å². The van der Waals surface area contributed by atoms with Crippen LogP contribution in [0, 0.1) is 5.92 Å². The molecule has 1 unspecified atom stereocenters. The lowest BCUT2D eigenvalue weighted by atomic mass is 9.87. The van der Waals surface area contributed by atoms with Gasteiger partial charge in [-0.05, 0) is 37.2 Å². The molecule has 0 radical (unpaired) electrons. The van der Waals surface area contributed by atoms with Gasteiger partial charge in [-0.1, -0.05) is 37.3 Å². The molecule has 0 aliphatic heterocycles. The Morgan fingerprint density at radius 1 is 1.18 bits per heavy atom. The van der Waals surface area contributed by atoms with Crippen LogP contribution in [0.5, 0.6) is 0 Å². The molecule has 2 rings (SSSR count). The van der Waals surface area contributed by atoms with Crippen LogP contribution in [0.25, 0.3) is 0 Å². The van der Waals surface area contributed by atoms with E-state index < -0.39 is 6.03 Å². The van der Waals surface area contributed by atoms with Gasteiger partial charge in [0, 0.05) is 6.04 Å². The highest BCUT2D eigenvalue weighted by Crippen LogP contribution is 2.24. The Kier molecular flexibility index (Phi) is 5.81. The number of rotatable bonds is 5. The van der Waals surface area contributed by atoms with Gasteiger partial charge in [0.05, 0.1) is 12.5 Å². The first-order valence-electron chi connectivity index (χ1n) is 7.95. The first-order chi connectivity index (χ1) is 10.5. The second kappa shape index (κ2) is 7.82. The Morgan fingerprint density at radius 3 is 2.41 bits per heavy atom. The zero-order chi connectivity index (χ0) is 15.9. The van der Waals surface area contributed by atoms with Crippen molar-refractivity contribution >= 4 is 11.9 Å². The largest absolute Gasteiger partial charge is 0.353 e. The summed E-state index contributed by atoms with van der Waals surface area (Å²) in [5, 5.41) is 5.73. The van der Waals surface area contributed by atoms with Crippen LogP contribution >= 0.6 is 0 Å². The molecule has 0 aromatic heterocycles. The third-order valence-corrected chi connectivity index (χ3v) is 4.29. The lowest BCUT2D eigenvalue weighted by Crippen LogP contribution is -2.41. The molecule has 22 heavy (non-hydrogen) atoms. The minimum absolute atomic E-state index is 0.0397. The first kappa shape index (κ1) is 16.3. The van der Waals surface area contributed by atoms with Gasteiger partial charge in [-0.2, -0.15) is 0 Å². The predicted octanol–water partition coefficient (Wildman–Crippen LogP) is 2.48. The van der Waals surface area contributed by atoms with E-state index in [9.17, 15) is 9.59 Å². The monoisotopic (exact) mass is 303 g/mol. The molecule has 1 saturated carbocycles. The Balaban J connectivity index is 1.92. The van der Waals surface area contributed by atoms with E-state index in [1.807, 2.05) is 30.3 Å². The molecule has 3 amide bonds. The molecule has 0 spiro atoms. The van der Waals surface area contributed by atoms with Crippen LogP contribution in [-0.2, 0) is 4.79 Å². The minimum atomic E-state index is -0.617. The minimum Gasteiger partial charge on any atom is -0.353 e. The molecule has 1 aliphatic rings. The maximum absolute atomic E-state index is 12.3. The summed E-state index contributed by atoms with van der Waals surface area (Å²) < 4.78 is 0. The van der Waals surface area contributed by atoms with E-state index in [2.05, 4.69) is 17.6 Å². The first-order valence-corrected chi connectivity index (χ1v) is 7.95. The molecule has 4 N–H and O–H groups in total. The summed E-state index contributed by atoms with van der Waals surface area (Å²) >= 11 is 0. The molecule has 0 heterocycles. The number of carbonyl (C=O) groups excluding carboxylic acids is 2. The van der Waals surface area contributed by atoms with Crippen molar-refractivity contribution in [3.05, 3.63) is 35.9 Å². The molecule has 0 saturated heterocycles. The van der Waals surface area contributed by atoms with Crippen molar-refractivity contribution in [2.45, 2.75) is 51.1 Å². The molecule has 5 nitrogen and oxygen atoms in total. The molecule has 1 fully saturated rings. The number of nitrogens with one attached hydrogen (secondary N) is 2. The van der Waals surface area contributed by atoms with E-state index >= 15 is 0 Å². The molecule has 120 valence electrons. The highest BCUT2D eigenvalue weighted by molar-refractivity contribution is 5.79. The number of benzene rings is 1. The Labute approximate surface area is 131 Å². The van der Waals surface area contributed by atoms with Crippen LogP contribution in [0.15, 0.2) is 30.3 Å². The lowest BCUT2D eigenvalue weighted by molar-refractivity contribution is -0.122. The standard InChI is InChI=1S/C17H25N3O2/c1-12-7-9-14(10-8-12)19-16(21)11-15(20-17(18)22)13-5-3-2-4-6-13/h2-6,12,14-15H,7-11H2,1H3,(H,19,21)(H3,18,20,22). The fourth-order valence-electron chi connectivity index (χ4n) is 2.99. The molecular formula is C17H25N3O2. The van der Waals surface area contributed by atoms with Gasteiger partial charge in [-0.25, -0.2) is 4.79 Å². The summed E-state index contributed by atoms with van der Waals surface area (Å²) in [4.78, 5) is 23.4. The summed E-state index contributed by atoms with van der Waals surface area (Å²) in [5.74, 6) is 0.712. The van der Waals surface area contributed by atoms with Crippen LogP contribution in [0.1, 0.15) is 50.6 Å². The molecular weight excluding hydrogens is 278 g/mol. The number of amides is 3. The highest BCUT2D eigenvalue weighted by Gasteiger charge is 2.22. The van der Waals surface area contributed by atoms with Gasteiger partial charge in [-0.3, -0.25) is 4.79 Å². The van der Waals surface area contributed by atoms with Crippen molar-refractivity contribution in [2.75, 3.05) is 0 Å². The fourth-order valence-corrected chi connectivity index (χ4v) is 2.99. The second-order valence-corrected chi connectivity index (χ2v) is 6.20. The average Bonchev–Trinajstić information content (AvgIpc) is 2.49. The third kappa shape index (κ3) is 5.06. The number of hydrogen-bond acceptors (Lipinski definition) is 2. The normalized spacial score (nSPS) is 22.6. The summed E-state index contributed by atoms with van der Waals surface area (Å²) in [6.07, 6.45) is 4.59. The van der Waals surface area contributed by atoms with Crippen molar-refractivity contribution in [1.29, 1.82) is 0 Å². The quantitative estimate of drug-likeness (QED) is 0.780. The summed E-state index contributed by atoms with van der Waals surface area (Å²) in [6, 6.07) is 8.68. The number of urea groups is 1. The van der Waals surface area contributed by atoms with Crippen molar-refractivity contribution < 1.29 is 9.59 Å². The van der Waals surface area contributed by atoms with Gasteiger partial charge >= 0.3 is 6.03 Å². The number of nitrogens with two attached hydrogens (primary N) is 1. The van der Waals surface area contributed by atoms with Gasteiger partial charge in [0.15, 0.2) is 0 Å². The SMILES string of the molecule is CC1CCC(NC(=O)CC(NC(N)=O)c2ccccc2)CC1. The molecule has 1 atom stereocenters. The van der Waals surface area contributed by atoms with E-state index in [-0.39, 0.29) is 24.4 Å². The van der Waals surface area contributed by atoms with E-state index in [1.165, 1.54) is 0 Å². The van der Waals surface area contributed by atoms with Crippen molar-refractivity contribution in [3.8, 4) is 0 Å². The van der Waals surface area contributed by atoms with Crippen LogP contribution in [-0.4, -0.2) is 18.0 Å². The van der Waals surface area contributed by atoms with Crippen molar-refractivity contribution in [3.63, 3.8) is 0 Å². The van der Waals surface area contributed by atoms with Gasteiger partial charge in [0.2, 0.25) is 5.91 Å². The highest BCUT2D eigenvalue weighted by atomic mass is 16.2. The smallest absolute Gasteiger partial charge is 0.312 e. The van der Waals surface area contributed by atoms with Crippen LogP contribution in [0.2, 0.25) is 0 Å². The maximum Gasteiger partial charge on any atom is 0.312 e. The number of primary amides is 1. The number of carbonyl (C=O) groups is 2. The van der Waals surface area contributed by atoms with E-state index in [1.54, 1.807) is 0 Å². The zero-order valence-electron chi connectivity index (χ0n) is 13.0. The van der Waals surface area contributed by atoms with E-state index in [0.717, 1.165) is 37.2 Å². The predicted molar refractivity (Wildman–Crippen MR) is 86.1 cm³/mol. The van der Waals surface area contributed by atoms with E-state index in [0.29, 0.717) is 0 Å². The van der Waals surface area contributed by atoms with Crippen LogP contribution < -0.4 is 16.4 Å². The van der Waals surface area contributed by atoms with Gasteiger partial charge in [-0.15, -0.1) is 0 Å². The van der Waals surface area contributed by atoms with Gasteiger partial charge < -0.3 is 16.4 Å². The van der Waals surface area contributed by atoms with Crippen molar-refractivity contribution in [2.24, 2.45) is 11.7 Å². The zero-order valence-corrected chi connectivity index (χ0v) is 13.0. The molecule has 5 heteroatoms. The average molecular weight is 303 g/mol. The van der Waals surface area contributed by atoms with Crippen LogP contribution in [0.4, 0.5) is 4.79 Å². The van der Waals surface area contributed by atoms with Crippen LogP contribution in [0.3, 0.4) is 0 Å². The number of hydrogen-bond donors (Lipinski definition) is 3. The Hall–Kier alpha value is -2.04. The molecule has 1 aliphatic carbocycles. The second-order valence-electron chi connectivity index (χ2n) is 6.20. The van der Waals surface area contributed by atoms with E-state index in [4.69, 9.17) is 5.73 Å². The third-order valence-electron chi connectivity index (χ3n) is 4.29. The Bertz CT molecular complexity index is 496. The van der Waals surface area contributed by atoms with Crippen molar-refractivity contribution in [1.82, 2.24) is 10.6 Å². The molecule has 1 aromatic carbocycles. The summed E-state index contributed by atoms with van der Waals surface area (Å²) in [5.41, 5.74) is 6.11. The lowest BCUT2D eigenvalue weighted by Gasteiger charge is -2.27. The maximum atomic E-state index is 12.3. The Morgan fingerprint density at radius 2 is 1.82 bits per heavy atom. The molecule has 1 aromatic rings.